The molecule has 0 unspecified atom stereocenters. The lowest BCUT2D eigenvalue weighted by Crippen LogP contribution is -2.50. The van der Waals surface area contributed by atoms with Crippen LogP contribution in [0.25, 0.3) is 0 Å². The summed E-state index contributed by atoms with van der Waals surface area (Å²) in [5.41, 5.74) is 0.759. The van der Waals surface area contributed by atoms with E-state index in [1.807, 2.05) is 42.5 Å². The van der Waals surface area contributed by atoms with Crippen molar-refractivity contribution in [2.45, 2.75) is 50.8 Å². The van der Waals surface area contributed by atoms with Gasteiger partial charge in [0.25, 0.3) is 0 Å². The Hall–Kier alpha value is -3.56. The maximum atomic E-state index is 13.6. The number of benzene rings is 2. The maximum Gasteiger partial charge on any atom is 0.246 e. The third kappa shape index (κ3) is 7.96. The molecule has 0 aliphatic carbocycles. The van der Waals surface area contributed by atoms with E-state index in [4.69, 9.17) is 14.6 Å². The minimum atomic E-state index is -0.933. The van der Waals surface area contributed by atoms with Crippen molar-refractivity contribution in [2.24, 2.45) is 5.92 Å². The van der Waals surface area contributed by atoms with Crippen molar-refractivity contribution in [3.05, 3.63) is 65.7 Å². The summed E-state index contributed by atoms with van der Waals surface area (Å²) in [4.78, 5) is 51.2. The summed E-state index contributed by atoms with van der Waals surface area (Å²) >= 11 is 0. The highest BCUT2D eigenvalue weighted by atomic mass is 16.6. The van der Waals surface area contributed by atoms with Crippen LogP contribution in [0.4, 0.5) is 0 Å². The molecule has 1 aliphatic heterocycles. The molecule has 1 aliphatic rings. The SMILES string of the molecule is COc1ccc(C[C@H](CC(=O)[C@H](C)NC(=O)CO)C(=O)N[C@@H](Cc2ccccc2)C(=O)[C@@]2(C)CO2)cc1. The Labute approximate surface area is 216 Å². The molecule has 0 spiro atoms. The monoisotopic (exact) mass is 510 g/mol. The van der Waals surface area contributed by atoms with Crippen LogP contribution >= 0.6 is 0 Å². The molecule has 1 heterocycles. The molecule has 1 fully saturated rings. The summed E-state index contributed by atoms with van der Waals surface area (Å²) in [6.07, 6.45) is 0.365. The second kappa shape index (κ2) is 12.6. The van der Waals surface area contributed by atoms with E-state index >= 15 is 0 Å². The highest BCUT2D eigenvalue weighted by Crippen LogP contribution is 2.29. The number of hydrogen-bond acceptors (Lipinski definition) is 7. The number of amides is 2. The summed E-state index contributed by atoms with van der Waals surface area (Å²) in [7, 11) is 1.56. The highest BCUT2D eigenvalue weighted by Gasteiger charge is 2.50. The van der Waals surface area contributed by atoms with E-state index in [0.29, 0.717) is 12.4 Å². The fourth-order valence-corrected chi connectivity index (χ4v) is 4.06. The lowest BCUT2D eigenvalue weighted by molar-refractivity contribution is -0.134. The number of ketones is 2. The second-order valence-electron chi connectivity index (χ2n) is 9.50. The van der Waals surface area contributed by atoms with Gasteiger partial charge in [0.2, 0.25) is 11.8 Å². The van der Waals surface area contributed by atoms with Crippen molar-refractivity contribution in [3.8, 4) is 5.75 Å². The molecule has 2 aromatic rings. The van der Waals surface area contributed by atoms with Gasteiger partial charge in [-0.15, -0.1) is 0 Å². The highest BCUT2D eigenvalue weighted by molar-refractivity contribution is 5.98. The van der Waals surface area contributed by atoms with Crippen LogP contribution in [0, 0.1) is 5.92 Å². The van der Waals surface area contributed by atoms with Crippen LogP contribution in [0.15, 0.2) is 54.6 Å². The van der Waals surface area contributed by atoms with Gasteiger partial charge < -0.3 is 25.2 Å². The number of carbonyl (C=O) groups excluding carboxylic acids is 4. The van der Waals surface area contributed by atoms with Gasteiger partial charge >= 0.3 is 0 Å². The number of aliphatic hydroxyl groups excluding tert-OH is 1. The number of ether oxygens (including phenoxy) is 2. The number of nitrogens with one attached hydrogen (secondary N) is 2. The molecule has 2 aromatic carbocycles. The third-order valence-electron chi connectivity index (χ3n) is 6.48. The van der Waals surface area contributed by atoms with Gasteiger partial charge in [0.05, 0.1) is 25.8 Å². The molecule has 0 saturated carbocycles. The van der Waals surface area contributed by atoms with Crippen molar-refractivity contribution in [2.75, 3.05) is 20.3 Å². The van der Waals surface area contributed by atoms with Crippen molar-refractivity contribution in [1.82, 2.24) is 10.6 Å². The first kappa shape index (κ1) is 28.0. The van der Waals surface area contributed by atoms with Crippen LogP contribution in [0.1, 0.15) is 31.4 Å². The summed E-state index contributed by atoms with van der Waals surface area (Å²) in [5.74, 6) is -1.84. The van der Waals surface area contributed by atoms with Gasteiger partial charge in [-0.05, 0) is 49.9 Å². The van der Waals surface area contributed by atoms with E-state index in [9.17, 15) is 19.2 Å². The quantitative estimate of drug-likeness (QED) is 0.327. The molecule has 2 amide bonds. The Morgan fingerprint density at radius 3 is 2.19 bits per heavy atom. The fourth-order valence-electron chi connectivity index (χ4n) is 4.06. The minimum Gasteiger partial charge on any atom is -0.497 e. The molecule has 9 heteroatoms. The fraction of sp³-hybridized carbons (Fsp3) is 0.429. The molecular formula is C28H34N2O7. The molecule has 3 rings (SSSR count). The normalized spacial score (nSPS) is 18.7. The first-order chi connectivity index (χ1) is 17.6. The summed E-state index contributed by atoms with van der Waals surface area (Å²) in [6.45, 7) is 2.76. The second-order valence-corrected chi connectivity index (χ2v) is 9.50. The molecule has 198 valence electrons. The third-order valence-corrected chi connectivity index (χ3v) is 6.48. The van der Waals surface area contributed by atoms with Crippen LogP contribution in [-0.4, -0.2) is 66.5 Å². The smallest absolute Gasteiger partial charge is 0.246 e. The van der Waals surface area contributed by atoms with E-state index in [1.54, 1.807) is 26.2 Å². The van der Waals surface area contributed by atoms with Crippen LogP contribution in [-0.2, 0) is 36.8 Å². The van der Waals surface area contributed by atoms with Crippen molar-refractivity contribution >= 4 is 23.4 Å². The first-order valence-electron chi connectivity index (χ1n) is 12.2. The van der Waals surface area contributed by atoms with E-state index in [0.717, 1.165) is 11.1 Å². The number of rotatable bonds is 14. The predicted molar refractivity (Wildman–Crippen MR) is 136 cm³/mol. The zero-order chi connectivity index (χ0) is 27.0. The van der Waals surface area contributed by atoms with Gasteiger partial charge in [0.1, 0.15) is 18.0 Å². The van der Waals surface area contributed by atoms with Gasteiger partial charge in [0, 0.05) is 12.3 Å². The molecule has 0 radical (unpaired) electrons. The van der Waals surface area contributed by atoms with Crippen molar-refractivity contribution < 1.29 is 33.8 Å². The Balaban J connectivity index is 1.80. The molecule has 9 nitrogen and oxygen atoms in total. The Morgan fingerprint density at radius 2 is 1.62 bits per heavy atom. The van der Waals surface area contributed by atoms with Gasteiger partial charge in [-0.2, -0.15) is 0 Å². The maximum absolute atomic E-state index is 13.6. The summed E-state index contributed by atoms with van der Waals surface area (Å²) in [6, 6.07) is 14.8. The average molecular weight is 511 g/mol. The van der Waals surface area contributed by atoms with Crippen molar-refractivity contribution in [3.63, 3.8) is 0 Å². The Bertz CT molecular complexity index is 1100. The topological polar surface area (TPSA) is 134 Å². The standard InChI is InChI=1S/C28H34N2O7/c1-18(29-25(33)16-31)24(32)15-21(13-20-9-11-22(36-3)12-10-20)27(35)30-23(26(34)28(2)17-37-28)14-19-7-5-4-6-8-19/h4-12,18,21,23,31H,13-17H2,1-3H3,(H,29,33)(H,30,35)/t18-,21+,23-,28+/m0/s1. The molecule has 1 saturated heterocycles. The summed E-state index contributed by atoms with van der Waals surface area (Å²) < 4.78 is 10.5. The average Bonchev–Trinajstić information content (AvgIpc) is 3.66. The largest absolute Gasteiger partial charge is 0.497 e. The number of methoxy groups -OCH3 is 1. The van der Waals surface area contributed by atoms with Crippen LogP contribution in [0.2, 0.25) is 0 Å². The van der Waals surface area contributed by atoms with Crippen LogP contribution < -0.4 is 15.4 Å². The number of hydrogen-bond donors (Lipinski definition) is 3. The molecule has 0 aromatic heterocycles. The Morgan fingerprint density at radius 1 is 1.00 bits per heavy atom. The zero-order valence-electron chi connectivity index (χ0n) is 21.4. The molecule has 4 atom stereocenters. The molecule has 3 N–H and O–H groups in total. The summed E-state index contributed by atoms with van der Waals surface area (Å²) in [5, 5.41) is 14.3. The Kier molecular flexibility index (Phi) is 9.54. The van der Waals surface area contributed by atoms with E-state index < -0.39 is 42.0 Å². The lowest BCUT2D eigenvalue weighted by atomic mass is 9.89. The molecular weight excluding hydrogens is 476 g/mol. The van der Waals surface area contributed by atoms with Gasteiger partial charge in [-0.25, -0.2) is 0 Å². The van der Waals surface area contributed by atoms with E-state index in [-0.39, 0.29) is 30.8 Å². The van der Waals surface area contributed by atoms with E-state index in [2.05, 4.69) is 10.6 Å². The molecule has 37 heavy (non-hydrogen) atoms. The number of Topliss-reactive ketones (excluding diaryl/α,β-unsaturated/α-hetero) is 2. The van der Waals surface area contributed by atoms with Crippen molar-refractivity contribution in [1.29, 1.82) is 0 Å². The first-order valence-corrected chi connectivity index (χ1v) is 12.2. The van der Waals surface area contributed by atoms with Gasteiger partial charge in [-0.3, -0.25) is 19.2 Å². The zero-order valence-corrected chi connectivity index (χ0v) is 21.4. The van der Waals surface area contributed by atoms with Gasteiger partial charge in [0.15, 0.2) is 11.6 Å². The minimum absolute atomic E-state index is 0.162. The number of aliphatic hydroxyl groups is 1. The predicted octanol–water partition coefficient (Wildman–Crippen LogP) is 1.40. The lowest BCUT2D eigenvalue weighted by Gasteiger charge is -2.24. The van der Waals surface area contributed by atoms with E-state index in [1.165, 1.54) is 6.92 Å². The van der Waals surface area contributed by atoms with Gasteiger partial charge in [-0.1, -0.05) is 42.5 Å². The van der Waals surface area contributed by atoms with Crippen LogP contribution in [0.5, 0.6) is 5.75 Å². The number of carbonyl (C=O) groups is 4. The number of epoxide rings is 1. The molecule has 0 bridgehead atoms. The van der Waals surface area contributed by atoms with Crippen LogP contribution in [0.3, 0.4) is 0 Å².